The Morgan fingerprint density at radius 3 is 2.44 bits per heavy atom. The van der Waals surface area contributed by atoms with E-state index >= 15 is 0 Å². The van der Waals surface area contributed by atoms with Gasteiger partial charge in [0.25, 0.3) is 0 Å². The molecule has 0 saturated carbocycles. The first-order chi connectivity index (χ1) is 4.22. The van der Waals surface area contributed by atoms with Crippen LogP contribution in [0.5, 0.6) is 0 Å². The summed E-state index contributed by atoms with van der Waals surface area (Å²) in [7, 11) is 0. The van der Waals surface area contributed by atoms with Crippen LogP contribution in [0.2, 0.25) is 0 Å². The zero-order chi connectivity index (χ0) is 6.85. The number of hydrogen-bond acceptors (Lipinski definition) is 0. The molecule has 0 aromatic heterocycles. The summed E-state index contributed by atoms with van der Waals surface area (Å²) in [4.78, 5) is 0. The number of hydrogen-bond donors (Lipinski definition) is 0. The second-order valence-electron chi connectivity index (χ2n) is 3.00. The maximum atomic E-state index is 2.28. The molecule has 0 radical (unpaired) electrons. The van der Waals surface area contributed by atoms with Gasteiger partial charge >= 0.3 is 74.7 Å². The molecule has 0 unspecified atom stereocenters. The van der Waals surface area contributed by atoms with Crippen molar-refractivity contribution in [3.63, 3.8) is 0 Å². The summed E-state index contributed by atoms with van der Waals surface area (Å²) in [5.74, 6) is 0.747. The van der Waals surface area contributed by atoms with E-state index in [0.717, 1.165) is 5.92 Å². The molecule has 0 aromatic carbocycles. The van der Waals surface area contributed by atoms with Crippen molar-refractivity contribution in [2.24, 2.45) is 5.92 Å². The average Bonchev–Trinajstić information content (AvgIpc) is 2.13. The van der Waals surface area contributed by atoms with Gasteiger partial charge in [0.05, 0.1) is 0 Å². The fraction of sp³-hybridized carbons (Fsp3) is 0.500. The van der Waals surface area contributed by atoms with Crippen LogP contribution in [-0.4, -0.2) is 27.9 Å². The molecule has 0 bridgehead atoms. The van der Waals surface area contributed by atoms with Gasteiger partial charge in [-0.05, 0) is 0 Å². The van der Waals surface area contributed by atoms with Gasteiger partial charge in [-0.15, -0.1) is 0 Å². The first-order valence-corrected chi connectivity index (χ1v) is 4.58. The van der Waals surface area contributed by atoms with E-state index in [4.69, 9.17) is 0 Å². The second kappa shape index (κ2) is 3.05. The molecule has 0 aliphatic heterocycles. The Kier molecular flexibility index (Phi) is 2.57. The van der Waals surface area contributed by atoms with E-state index in [1.54, 1.807) is 8.40 Å². The zero-order valence-corrected chi connectivity index (χ0v) is 8.44. The van der Waals surface area contributed by atoms with Crippen LogP contribution in [0.3, 0.4) is 0 Å². The predicted octanol–water partition coefficient (Wildman–Crippen LogP) is 2.02. The van der Waals surface area contributed by atoms with Crippen LogP contribution in [0, 0.1) is 5.92 Å². The quantitative estimate of drug-likeness (QED) is 0.476. The molecule has 0 amide bonds. The molecule has 1 aliphatic carbocycles. The molecule has 1 rings (SSSR count). The second-order valence-corrected chi connectivity index (χ2v) is 4.20. The zero-order valence-electron chi connectivity index (χ0n) is 6.44. The molecule has 0 spiro atoms. The minimum atomic E-state index is 0.747. The molecule has 0 saturated heterocycles. The Balaban J connectivity index is 2.77. The van der Waals surface area contributed by atoms with Crippen LogP contribution < -0.4 is 0 Å². The molecule has 0 aromatic rings. The van der Waals surface area contributed by atoms with Gasteiger partial charge in [-0.25, -0.2) is 0 Å². The van der Waals surface area contributed by atoms with Gasteiger partial charge in [-0.2, -0.15) is 0 Å². The van der Waals surface area contributed by atoms with Crippen molar-refractivity contribution in [3.8, 4) is 0 Å². The third-order valence-electron chi connectivity index (χ3n) is 1.84. The van der Waals surface area contributed by atoms with Crippen molar-refractivity contribution in [1.29, 1.82) is 0 Å². The molecular formula is C8H11Na. The van der Waals surface area contributed by atoms with E-state index in [1.807, 2.05) is 0 Å². The van der Waals surface area contributed by atoms with E-state index in [-0.39, 0.29) is 0 Å². The Bertz CT molecular complexity index is 163. The molecule has 0 N–H and O–H groups in total. The predicted molar refractivity (Wildman–Crippen MR) is 41.4 cm³/mol. The van der Waals surface area contributed by atoms with Crippen molar-refractivity contribution in [3.05, 3.63) is 20.5 Å². The van der Waals surface area contributed by atoms with Gasteiger partial charge in [0.1, 0.15) is 0 Å². The topological polar surface area (TPSA) is 0 Å². The van der Waals surface area contributed by atoms with Crippen LogP contribution in [0.25, 0.3) is 0 Å². The molecule has 9 heavy (non-hydrogen) atoms. The van der Waals surface area contributed by atoms with Gasteiger partial charge in [0.15, 0.2) is 0 Å². The third-order valence-corrected chi connectivity index (χ3v) is 2.82. The Labute approximate surface area is 74.4 Å². The van der Waals surface area contributed by atoms with E-state index in [0.29, 0.717) is 0 Å². The number of allylic oxidation sites excluding steroid dienone is 4. The summed E-state index contributed by atoms with van der Waals surface area (Å²) in [5, 5.41) is 0. The first kappa shape index (κ1) is 7.59. The van der Waals surface area contributed by atoms with Gasteiger partial charge in [-0.3, -0.25) is 0 Å². The van der Waals surface area contributed by atoms with Gasteiger partial charge in [0, 0.05) is 0 Å². The monoisotopic (exact) mass is 130 g/mol. The van der Waals surface area contributed by atoms with E-state index in [2.05, 4.69) is 26.0 Å². The molecule has 0 nitrogen and oxygen atoms in total. The third kappa shape index (κ3) is 1.70. The normalized spacial score (nSPS) is 18.3. The molecular weight excluding hydrogens is 119 g/mol. The fourth-order valence-corrected chi connectivity index (χ4v) is 2.29. The maximum absolute atomic E-state index is 2.28. The molecule has 44 valence electrons. The van der Waals surface area contributed by atoms with Gasteiger partial charge < -0.3 is 0 Å². The van der Waals surface area contributed by atoms with Crippen LogP contribution in [0.4, 0.5) is 0 Å². The van der Waals surface area contributed by atoms with Crippen LogP contribution >= 0.6 is 0 Å². The van der Waals surface area contributed by atoms with Crippen molar-refractivity contribution in [1.82, 2.24) is 0 Å². The Morgan fingerprint density at radius 1 is 1.56 bits per heavy atom. The van der Waals surface area contributed by atoms with Crippen LogP contribution in [-0.2, 0) is 0 Å². The SMILES string of the molecule is CC(C)C1=[C]([Na])CC=C1. The standard InChI is InChI=1S/C8H11.Na/c1-7(2)8-5-3-4-6-8;/h3,5,7H,4H2,1-2H3;. The van der Waals surface area contributed by atoms with Crippen LogP contribution in [0.1, 0.15) is 20.3 Å². The Hall–Kier alpha value is 0.480. The molecule has 0 fully saturated rings. The average molecular weight is 130 g/mol. The summed E-state index contributed by atoms with van der Waals surface area (Å²) in [6, 6.07) is 0. The molecule has 0 heterocycles. The summed E-state index contributed by atoms with van der Waals surface area (Å²) >= 11 is 1.25. The molecule has 1 heteroatoms. The van der Waals surface area contributed by atoms with Crippen molar-refractivity contribution in [2.75, 3.05) is 0 Å². The fourth-order valence-electron chi connectivity index (χ4n) is 1.31. The van der Waals surface area contributed by atoms with Gasteiger partial charge in [-0.1, -0.05) is 0 Å². The van der Waals surface area contributed by atoms with Crippen molar-refractivity contribution >= 4 is 27.9 Å². The first-order valence-electron chi connectivity index (χ1n) is 3.58. The minimum absolute atomic E-state index is 0.747. The Morgan fingerprint density at radius 2 is 2.22 bits per heavy atom. The van der Waals surface area contributed by atoms with Crippen molar-refractivity contribution in [2.45, 2.75) is 20.3 Å². The van der Waals surface area contributed by atoms with E-state index < -0.39 is 0 Å². The summed E-state index contributed by atoms with van der Waals surface area (Å²) < 4.78 is 1.69. The van der Waals surface area contributed by atoms with Gasteiger partial charge in [0.2, 0.25) is 0 Å². The van der Waals surface area contributed by atoms with E-state index in [9.17, 15) is 0 Å². The summed E-state index contributed by atoms with van der Waals surface area (Å²) in [6.07, 6.45) is 5.80. The molecule has 1 aliphatic rings. The van der Waals surface area contributed by atoms with E-state index in [1.165, 1.54) is 34.4 Å². The molecule has 0 atom stereocenters. The summed E-state index contributed by atoms with van der Waals surface area (Å²) in [6.45, 7) is 4.53. The summed E-state index contributed by atoms with van der Waals surface area (Å²) in [5.41, 5.74) is 1.60. The number of rotatable bonds is 1. The van der Waals surface area contributed by atoms with Crippen LogP contribution in [0.15, 0.2) is 20.5 Å². The van der Waals surface area contributed by atoms with Crippen molar-refractivity contribution < 1.29 is 0 Å².